The van der Waals surface area contributed by atoms with Crippen molar-refractivity contribution in [2.24, 2.45) is 0 Å². The number of hydrogen-bond acceptors (Lipinski definition) is 5. The second-order valence-electron chi connectivity index (χ2n) is 7.01. The fourth-order valence-electron chi connectivity index (χ4n) is 3.14. The standard InChI is InChI=1S/C22H29N3O3/c1-2-3-14-28-22(27)19-12-8-9-13-20(19)25-21(26)17(15-23)16-24-18-10-6-4-5-7-11-18/h8-9,12-13,16,18,24H,2-7,10-11,14H2,1H3,(H,25,26)/b17-16-. The lowest BCUT2D eigenvalue weighted by Crippen LogP contribution is -2.25. The maximum absolute atomic E-state index is 12.5. The van der Waals surface area contributed by atoms with Crippen molar-refractivity contribution in [3.05, 3.63) is 41.6 Å². The summed E-state index contributed by atoms with van der Waals surface area (Å²) in [6, 6.07) is 8.89. The molecule has 6 nitrogen and oxygen atoms in total. The summed E-state index contributed by atoms with van der Waals surface area (Å²) in [5, 5.41) is 15.2. The Balaban J connectivity index is 2.02. The molecular weight excluding hydrogens is 354 g/mol. The van der Waals surface area contributed by atoms with Crippen LogP contribution in [0.5, 0.6) is 0 Å². The van der Waals surface area contributed by atoms with Gasteiger partial charge in [0.25, 0.3) is 5.91 Å². The summed E-state index contributed by atoms with van der Waals surface area (Å²) in [7, 11) is 0. The van der Waals surface area contributed by atoms with Crippen LogP contribution >= 0.6 is 0 Å². The summed E-state index contributed by atoms with van der Waals surface area (Å²) >= 11 is 0. The van der Waals surface area contributed by atoms with Crippen LogP contribution in [-0.4, -0.2) is 24.5 Å². The second-order valence-corrected chi connectivity index (χ2v) is 7.01. The number of amides is 1. The van der Waals surface area contributed by atoms with Crippen molar-refractivity contribution in [3.63, 3.8) is 0 Å². The van der Waals surface area contributed by atoms with Crippen molar-refractivity contribution >= 4 is 17.6 Å². The van der Waals surface area contributed by atoms with Gasteiger partial charge < -0.3 is 15.4 Å². The molecule has 0 aliphatic heterocycles. The molecule has 1 aliphatic rings. The van der Waals surface area contributed by atoms with Crippen LogP contribution in [0.25, 0.3) is 0 Å². The summed E-state index contributed by atoms with van der Waals surface area (Å²) in [5.41, 5.74) is 0.601. The largest absolute Gasteiger partial charge is 0.462 e. The monoisotopic (exact) mass is 383 g/mol. The quantitative estimate of drug-likeness (QED) is 0.230. The van der Waals surface area contributed by atoms with E-state index in [0.717, 1.165) is 38.5 Å². The van der Waals surface area contributed by atoms with Crippen molar-refractivity contribution in [3.8, 4) is 6.07 Å². The van der Waals surface area contributed by atoms with Gasteiger partial charge in [-0.2, -0.15) is 5.26 Å². The molecule has 2 N–H and O–H groups in total. The van der Waals surface area contributed by atoms with Crippen molar-refractivity contribution in [1.29, 1.82) is 5.26 Å². The van der Waals surface area contributed by atoms with Crippen molar-refractivity contribution in [1.82, 2.24) is 5.32 Å². The SMILES string of the molecule is CCCCOC(=O)c1ccccc1NC(=O)/C(C#N)=C\NC1CCCCCC1. The zero-order chi connectivity index (χ0) is 20.2. The molecule has 28 heavy (non-hydrogen) atoms. The van der Waals surface area contributed by atoms with Crippen LogP contribution in [0.3, 0.4) is 0 Å². The molecule has 2 rings (SSSR count). The zero-order valence-corrected chi connectivity index (χ0v) is 16.5. The lowest BCUT2D eigenvalue weighted by atomic mass is 10.1. The molecule has 1 saturated carbocycles. The molecule has 0 aromatic heterocycles. The van der Waals surface area contributed by atoms with E-state index >= 15 is 0 Å². The molecule has 1 amide bonds. The van der Waals surface area contributed by atoms with Crippen molar-refractivity contribution < 1.29 is 14.3 Å². The third-order valence-corrected chi connectivity index (χ3v) is 4.81. The molecule has 0 atom stereocenters. The maximum atomic E-state index is 12.5. The van der Waals surface area contributed by atoms with Crippen molar-refractivity contribution in [2.75, 3.05) is 11.9 Å². The number of unbranched alkanes of at least 4 members (excludes halogenated alkanes) is 1. The summed E-state index contributed by atoms with van der Waals surface area (Å²) in [6.45, 7) is 2.35. The molecule has 0 radical (unpaired) electrons. The zero-order valence-electron chi connectivity index (χ0n) is 16.5. The normalized spacial score (nSPS) is 15.2. The third kappa shape index (κ3) is 6.73. The maximum Gasteiger partial charge on any atom is 0.340 e. The highest BCUT2D eigenvalue weighted by molar-refractivity contribution is 6.09. The van der Waals surface area contributed by atoms with Gasteiger partial charge in [0.2, 0.25) is 0 Å². The molecule has 0 unspecified atom stereocenters. The minimum Gasteiger partial charge on any atom is -0.462 e. The first-order valence-electron chi connectivity index (χ1n) is 10.1. The highest BCUT2D eigenvalue weighted by atomic mass is 16.5. The molecule has 150 valence electrons. The predicted molar refractivity (Wildman–Crippen MR) is 109 cm³/mol. The second kappa shape index (κ2) is 11.8. The predicted octanol–water partition coefficient (Wildman–Crippen LogP) is 4.30. The Morgan fingerprint density at radius 1 is 1.21 bits per heavy atom. The molecule has 0 saturated heterocycles. The van der Waals surface area contributed by atoms with Crippen LogP contribution in [0.2, 0.25) is 0 Å². The molecular formula is C22H29N3O3. The molecule has 1 aromatic carbocycles. The van der Waals surface area contributed by atoms with Gasteiger partial charge in [-0.1, -0.05) is 51.2 Å². The number of nitrogens with one attached hydrogen (secondary N) is 2. The molecule has 0 heterocycles. The van der Waals surface area contributed by atoms with Gasteiger partial charge in [0.1, 0.15) is 11.6 Å². The van der Waals surface area contributed by atoms with Gasteiger partial charge in [-0.05, 0) is 31.4 Å². The van der Waals surface area contributed by atoms with Crippen LogP contribution in [0, 0.1) is 11.3 Å². The van der Waals surface area contributed by atoms with E-state index in [1.54, 1.807) is 24.3 Å². The van der Waals surface area contributed by atoms with E-state index < -0.39 is 11.9 Å². The van der Waals surface area contributed by atoms with Gasteiger partial charge in [-0.15, -0.1) is 0 Å². The van der Waals surface area contributed by atoms with E-state index in [1.165, 1.54) is 19.0 Å². The Labute approximate surface area is 167 Å². The van der Waals surface area contributed by atoms with Crippen LogP contribution in [0.4, 0.5) is 5.69 Å². The smallest absolute Gasteiger partial charge is 0.340 e. The van der Waals surface area contributed by atoms with E-state index in [4.69, 9.17) is 4.74 Å². The van der Waals surface area contributed by atoms with Crippen LogP contribution in [0.15, 0.2) is 36.0 Å². The van der Waals surface area contributed by atoms with Gasteiger partial charge in [-0.3, -0.25) is 4.79 Å². The van der Waals surface area contributed by atoms with E-state index in [0.29, 0.717) is 18.3 Å². The lowest BCUT2D eigenvalue weighted by molar-refractivity contribution is -0.112. The highest BCUT2D eigenvalue weighted by Gasteiger charge is 2.17. The minimum atomic E-state index is -0.544. The first-order valence-corrected chi connectivity index (χ1v) is 10.1. The summed E-state index contributed by atoms with van der Waals surface area (Å²) in [6.07, 6.45) is 10.1. The van der Waals surface area contributed by atoms with E-state index in [1.807, 2.05) is 13.0 Å². The Morgan fingerprint density at radius 3 is 2.61 bits per heavy atom. The summed E-state index contributed by atoms with van der Waals surface area (Å²) < 4.78 is 5.23. The van der Waals surface area contributed by atoms with Gasteiger partial charge in [0.05, 0.1) is 17.9 Å². The van der Waals surface area contributed by atoms with E-state index in [9.17, 15) is 14.9 Å². The van der Waals surface area contributed by atoms with Gasteiger partial charge >= 0.3 is 5.97 Å². The molecule has 6 heteroatoms. The van der Waals surface area contributed by atoms with Crippen molar-refractivity contribution in [2.45, 2.75) is 64.3 Å². The Morgan fingerprint density at radius 2 is 1.93 bits per heavy atom. The van der Waals surface area contributed by atoms with Crippen LogP contribution < -0.4 is 10.6 Å². The number of nitrogens with zero attached hydrogens (tertiary/aromatic N) is 1. The average Bonchev–Trinajstić information content (AvgIpc) is 2.98. The number of carbonyl (C=O) groups excluding carboxylic acids is 2. The Hall–Kier alpha value is -2.81. The van der Waals surface area contributed by atoms with Gasteiger partial charge in [0.15, 0.2) is 0 Å². The summed E-state index contributed by atoms with van der Waals surface area (Å²) in [5.74, 6) is -1.03. The molecule has 0 bridgehead atoms. The number of esters is 1. The molecule has 1 aliphatic carbocycles. The first-order chi connectivity index (χ1) is 13.7. The molecule has 1 aromatic rings. The number of rotatable bonds is 8. The first kappa shape index (κ1) is 21.5. The number of hydrogen-bond donors (Lipinski definition) is 2. The number of para-hydroxylation sites is 1. The van der Waals surface area contributed by atoms with Crippen LogP contribution in [-0.2, 0) is 9.53 Å². The average molecular weight is 383 g/mol. The number of nitriles is 1. The number of benzene rings is 1. The molecule has 0 spiro atoms. The fourth-order valence-corrected chi connectivity index (χ4v) is 3.14. The van der Waals surface area contributed by atoms with Crippen LogP contribution in [0.1, 0.15) is 68.6 Å². The fraction of sp³-hybridized carbons (Fsp3) is 0.500. The third-order valence-electron chi connectivity index (χ3n) is 4.81. The van der Waals surface area contributed by atoms with Gasteiger partial charge in [-0.25, -0.2) is 4.79 Å². The van der Waals surface area contributed by atoms with Gasteiger partial charge in [0, 0.05) is 12.2 Å². The number of ether oxygens (including phenoxy) is 1. The number of anilines is 1. The Bertz CT molecular complexity index is 729. The Kier molecular flexibility index (Phi) is 9.06. The minimum absolute atomic E-state index is 0.0154. The van der Waals surface area contributed by atoms with E-state index in [2.05, 4.69) is 10.6 Å². The summed E-state index contributed by atoms with van der Waals surface area (Å²) in [4.78, 5) is 24.8. The number of carbonyl (C=O) groups is 2. The molecule has 1 fully saturated rings. The van der Waals surface area contributed by atoms with E-state index in [-0.39, 0.29) is 11.1 Å². The topological polar surface area (TPSA) is 91.2 Å². The highest BCUT2D eigenvalue weighted by Crippen LogP contribution is 2.19. The lowest BCUT2D eigenvalue weighted by Gasteiger charge is -2.15.